The minimum Gasteiger partial charge on any atom is -0.360 e. The molecule has 0 aliphatic heterocycles. The molecule has 0 saturated carbocycles. The number of rotatable bonds is 4. The molecule has 0 fully saturated rings. The first-order valence-corrected chi connectivity index (χ1v) is 7.86. The van der Waals surface area contributed by atoms with Crippen molar-refractivity contribution in [1.29, 1.82) is 0 Å². The van der Waals surface area contributed by atoms with Crippen molar-refractivity contribution in [2.75, 3.05) is 0 Å². The van der Waals surface area contributed by atoms with Crippen LogP contribution in [0.5, 0.6) is 0 Å². The van der Waals surface area contributed by atoms with Gasteiger partial charge < -0.3 is 4.52 Å². The van der Waals surface area contributed by atoms with Crippen molar-refractivity contribution >= 4 is 9.84 Å². The third-order valence-electron chi connectivity index (χ3n) is 2.92. The molecule has 19 heavy (non-hydrogen) atoms. The fourth-order valence-corrected chi connectivity index (χ4v) is 3.40. The molecule has 2 rings (SSSR count). The van der Waals surface area contributed by atoms with Crippen LogP contribution in [-0.4, -0.2) is 13.6 Å². The second kappa shape index (κ2) is 5.17. The summed E-state index contributed by atoms with van der Waals surface area (Å²) in [5.74, 6) is 0.310. The summed E-state index contributed by atoms with van der Waals surface area (Å²) in [5, 5.41) is 3.70. The van der Waals surface area contributed by atoms with Crippen molar-refractivity contribution in [2.24, 2.45) is 0 Å². The van der Waals surface area contributed by atoms with Crippen LogP contribution in [0.4, 0.5) is 0 Å². The van der Waals surface area contributed by atoms with Crippen LogP contribution >= 0.6 is 0 Å². The Kier molecular flexibility index (Phi) is 3.75. The summed E-state index contributed by atoms with van der Waals surface area (Å²) < 4.78 is 29.3. The predicted molar refractivity (Wildman–Crippen MR) is 73.5 cm³/mol. The molecule has 0 amide bonds. The summed E-state index contributed by atoms with van der Waals surface area (Å²) >= 11 is 0. The largest absolute Gasteiger partial charge is 0.360 e. The van der Waals surface area contributed by atoms with Crippen molar-refractivity contribution in [3.63, 3.8) is 0 Å². The summed E-state index contributed by atoms with van der Waals surface area (Å²) in [4.78, 5) is 0. The number of aryl methyl sites for hydroxylation is 3. The predicted octanol–water partition coefficient (Wildman–Crippen LogP) is 2.71. The summed E-state index contributed by atoms with van der Waals surface area (Å²) in [5.41, 5.74) is 3.59. The molecule has 0 bridgehead atoms. The van der Waals surface area contributed by atoms with Crippen LogP contribution < -0.4 is 0 Å². The van der Waals surface area contributed by atoms with Crippen molar-refractivity contribution in [1.82, 2.24) is 5.16 Å². The highest BCUT2D eigenvalue weighted by molar-refractivity contribution is 7.89. The van der Waals surface area contributed by atoms with E-state index in [-0.39, 0.29) is 11.5 Å². The number of nitrogens with zero attached hydrogens (tertiary/aromatic N) is 1. The van der Waals surface area contributed by atoms with E-state index in [0.717, 1.165) is 16.7 Å². The Morgan fingerprint density at radius 2 is 1.84 bits per heavy atom. The van der Waals surface area contributed by atoms with E-state index in [1.165, 1.54) is 0 Å². The maximum Gasteiger partial charge on any atom is 0.161 e. The molecule has 4 nitrogen and oxygen atoms in total. The molecule has 2 aromatic rings. The van der Waals surface area contributed by atoms with Gasteiger partial charge in [0.25, 0.3) is 0 Å². The maximum atomic E-state index is 12.2. The number of sulfone groups is 1. The average Bonchev–Trinajstić information content (AvgIpc) is 2.68. The fourth-order valence-electron chi connectivity index (χ4n) is 1.94. The molecule has 0 N–H and O–H groups in total. The van der Waals surface area contributed by atoms with Gasteiger partial charge in [-0.15, -0.1) is 0 Å². The Morgan fingerprint density at radius 3 is 2.47 bits per heavy atom. The lowest BCUT2D eigenvalue weighted by atomic mass is 10.1. The minimum atomic E-state index is -3.25. The van der Waals surface area contributed by atoms with E-state index in [1.54, 1.807) is 13.0 Å². The fraction of sp³-hybridized carbons (Fsp3) is 0.357. The van der Waals surface area contributed by atoms with Crippen LogP contribution in [0.15, 0.2) is 28.8 Å². The Hall–Kier alpha value is -1.62. The van der Waals surface area contributed by atoms with Crippen LogP contribution in [0.3, 0.4) is 0 Å². The Labute approximate surface area is 113 Å². The summed E-state index contributed by atoms with van der Waals surface area (Å²) in [6.45, 7) is 5.64. The Bertz CT molecular complexity index is 686. The Morgan fingerprint density at radius 1 is 1.11 bits per heavy atom. The molecule has 5 heteroatoms. The zero-order valence-electron chi connectivity index (χ0n) is 11.3. The minimum absolute atomic E-state index is 0.0280. The van der Waals surface area contributed by atoms with Gasteiger partial charge in [-0.2, -0.15) is 0 Å². The first-order chi connectivity index (χ1) is 8.85. The van der Waals surface area contributed by atoms with Gasteiger partial charge in [-0.25, -0.2) is 8.42 Å². The lowest BCUT2D eigenvalue weighted by molar-refractivity contribution is 0.388. The molecular weight excluding hydrogens is 262 g/mol. The molecule has 0 aliphatic carbocycles. The number of hydrogen-bond acceptors (Lipinski definition) is 4. The molecule has 0 aliphatic rings. The lowest BCUT2D eigenvalue weighted by Gasteiger charge is -2.07. The lowest BCUT2D eigenvalue weighted by Crippen LogP contribution is -2.08. The second-order valence-electron chi connectivity index (χ2n) is 4.90. The standard InChI is InChI=1S/C14H17NO3S/c1-10-4-5-11(2)13(6-10)8-19(16,17)9-14-7-12(3)15-18-14/h4-7H,8-9H2,1-3H3. The summed E-state index contributed by atoms with van der Waals surface area (Å²) in [6, 6.07) is 7.49. The van der Waals surface area contributed by atoms with Gasteiger partial charge in [0.1, 0.15) is 5.75 Å². The van der Waals surface area contributed by atoms with E-state index in [9.17, 15) is 8.42 Å². The Balaban J connectivity index is 2.19. The molecule has 0 atom stereocenters. The molecule has 1 aromatic heterocycles. The van der Waals surface area contributed by atoms with Gasteiger partial charge in [-0.1, -0.05) is 28.9 Å². The number of aromatic nitrogens is 1. The van der Waals surface area contributed by atoms with Crippen LogP contribution in [0.25, 0.3) is 0 Å². The van der Waals surface area contributed by atoms with E-state index in [4.69, 9.17) is 4.52 Å². The smallest absolute Gasteiger partial charge is 0.161 e. The first-order valence-electron chi connectivity index (χ1n) is 6.04. The quantitative estimate of drug-likeness (QED) is 0.863. The van der Waals surface area contributed by atoms with E-state index in [2.05, 4.69) is 5.16 Å². The third kappa shape index (κ3) is 3.67. The van der Waals surface area contributed by atoms with Crippen LogP contribution in [0.2, 0.25) is 0 Å². The van der Waals surface area contributed by atoms with E-state index >= 15 is 0 Å². The molecule has 1 heterocycles. The van der Waals surface area contributed by atoms with E-state index in [0.29, 0.717) is 11.5 Å². The van der Waals surface area contributed by atoms with E-state index in [1.807, 2.05) is 32.0 Å². The summed E-state index contributed by atoms with van der Waals surface area (Å²) in [6.07, 6.45) is 0. The van der Waals surface area contributed by atoms with Crippen LogP contribution in [0, 0.1) is 20.8 Å². The van der Waals surface area contributed by atoms with Gasteiger partial charge in [0.05, 0.1) is 11.4 Å². The molecular formula is C14H17NO3S. The monoisotopic (exact) mass is 279 g/mol. The van der Waals surface area contributed by atoms with Gasteiger partial charge >= 0.3 is 0 Å². The molecule has 0 spiro atoms. The number of benzene rings is 1. The van der Waals surface area contributed by atoms with Gasteiger partial charge in [-0.3, -0.25) is 0 Å². The van der Waals surface area contributed by atoms with Crippen molar-refractivity contribution < 1.29 is 12.9 Å². The number of hydrogen-bond donors (Lipinski definition) is 0. The van der Waals surface area contributed by atoms with E-state index < -0.39 is 9.84 Å². The van der Waals surface area contributed by atoms with Crippen LogP contribution in [-0.2, 0) is 21.3 Å². The van der Waals surface area contributed by atoms with Crippen molar-refractivity contribution in [3.05, 3.63) is 52.4 Å². The van der Waals surface area contributed by atoms with Gasteiger partial charge in [0, 0.05) is 6.07 Å². The SMILES string of the molecule is Cc1ccc(C)c(CS(=O)(=O)Cc2cc(C)no2)c1. The molecule has 0 unspecified atom stereocenters. The summed E-state index contributed by atoms with van der Waals surface area (Å²) in [7, 11) is -3.25. The zero-order valence-corrected chi connectivity index (χ0v) is 12.1. The highest BCUT2D eigenvalue weighted by Gasteiger charge is 2.17. The molecule has 0 radical (unpaired) electrons. The molecule has 102 valence electrons. The topological polar surface area (TPSA) is 60.2 Å². The normalized spacial score (nSPS) is 11.7. The molecule has 1 aromatic carbocycles. The van der Waals surface area contributed by atoms with Crippen molar-refractivity contribution in [3.8, 4) is 0 Å². The first kappa shape index (κ1) is 13.8. The zero-order chi connectivity index (χ0) is 14.0. The molecule has 0 saturated heterocycles. The van der Waals surface area contributed by atoms with Crippen molar-refractivity contribution in [2.45, 2.75) is 32.3 Å². The van der Waals surface area contributed by atoms with Gasteiger partial charge in [-0.05, 0) is 31.9 Å². The maximum absolute atomic E-state index is 12.2. The average molecular weight is 279 g/mol. The highest BCUT2D eigenvalue weighted by atomic mass is 32.2. The third-order valence-corrected chi connectivity index (χ3v) is 4.39. The highest BCUT2D eigenvalue weighted by Crippen LogP contribution is 2.17. The van der Waals surface area contributed by atoms with Gasteiger partial charge in [0.15, 0.2) is 15.6 Å². The van der Waals surface area contributed by atoms with Gasteiger partial charge in [0.2, 0.25) is 0 Å². The van der Waals surface area contributed by atoms with Crippen LogP contribution in [0.1, 0.15) is 28.1 Å². The second-order valence-corrected chi connectivity index (χ2v) is 6.96.